The molecule has 2 aliphatic heterocycles. The van der Waals surface area contributed by atoms with Crippen LogP contribution in [0.4, 0.5) is 0 Å². The van der Waals surface area contributed by atoms with Crippen molar-refractivity contribution in [2.24, 2.45) is 0 Å². The third-order valence-corrected chi connectivity index (χ3v) is 5.16. The molecule has 0 aliphatic carbocycles. The lowest BCUT2D eigenvalue weighted by Gasteiger charge is -2.24. The zero-order valence-corrected chi connectivity index (χ0v) is 12.4. The summed E-state index contributed by atoms with van der Waals surface area (Å²) in [5, 5.41) is 12.3. The molecule has 1 atom stereocenters. The first kappa shape index (κ1) is 13.0. The van der Waals surface area contributed by atoms with Gasteiger partial charge in [-0.15, -0.1) is 11.3 Å². The summed E-state index contributed by atoms with van der Waals surface area (Å²) in [6, 6.07) is 8.34. The highest BCUT2D eigenvalue weighted by molar-refractivity contribution is 7.10. The molecule has 1 fully saturated rings. The molecule has 110 valence electrons. The van der Waals surface area contributed by atoms with Crippen molar-refractivity contribution in [2.75, 3.05) is 13.3 Å². The number of ether oxygens (including phenoxy) is 2. The molecule has 0 bridgehead atoms. The van der Waals surface area contributed by atoms with Crippen molar-refractivity contribution < 1.29 is 14.6 Å². The largest absolute Gasteiger partial charge is 0.507 e. The van der Waals surface area contributed by atoms with Gasteiger partial charge in [-0.3, -0.25) is 4.90 Å². The van der Waals surface area contributed by atoms with Gasteiger partial charge in [-0.1, -0.05) is 6.07 Å². The third kappa shape index (κ3) is 2.36. The zero-order chi connectivity index (χ0) is 14.2. The van der Waals surface area contributed by atoms with Gasteiger partial charge in [0.1, 0.15) is 5.75 Å². The second-order valence-electron chi connectivity index (χ2n) is 5.48. The summed E-state index contributed by atoms with van der Waals surface area (Å²) in [6.07, 6.45) is 2.39. The summed E-state index contributed by atoms with van der Waals surface area (Å²) < 4.78 is 10.7. The molecule has 2 aliphatic rings. The first-order valence-electron chi connectivity index (χ1n) is 7.20. The van der Waals surface area contributed by atoms with Crippen LogP contribution >= 0.6 is 11.3 Å². The van der Waals surface area contributed by atoms with E-state index < -0.39 is 0 Å². The van der Waals surface area contributed by atoms with Crippen LogP contribution in [0.1, 0.15) is 29.3 Å². The van der Waals surface area contributed by atoms with Crippen molar-refractivity contribution in [2.45, 2.75) is 25.4 Å². The molecule has 4 nitrogen and oxygen atoms in total. The van der Waals surface area contributed by atoms with Gasteiger partial charge in [-0.25, -0.2) is 0 Å². The minimum absolute atomic E-state index is 0.236. The van der Waals surface area contributed by atoms with E-state index in [-0.39, 0.29) is 12.5 Å². The van der Waals surface area contributed by atoms with Gasteiger partial charge in [-0.05, 0) is 36.9 Å². The fourth-order valence-electron chi connectivity index (χ4n) is 3.14. The molecule has 5 heteroatoms. The molecule has 1 aromatic carbocycles. The first-order valence-corrected chi connectivity index (χ1v) is 8.08. The first-order chi connectivity index (χ1) is 10.3. The van der Waals surface area contributed by atoms with E-state index >= 15 is 0 Å². The van der Waals surface area contributed by atoms with Crippen LogP contribution < -0.4 is 9.47 Å². The second kappa shape index (κ2) is 5.24. The summed E-state index contributed by atoms with van der Waals surface area (Å²) in [5.74, 6) is 1.65. The fourth-order valence-corrected chi connectivity index (χ4v) is 4.03. The van der Waals surface area contributed by atoms with Crippen LogP contribution in [0.25, 0.3) is 0 Å². The van der Waals surface area contributed by atoms with Crippen LogP contribution in [-0.2, 0) is 6.54 Å². The summed E-state index contributed by atoms with van der Waals surface area (Å²) in [4.78, 5) is 3.84. The van der Waals surface area contributed by atoms with Gasteiger partial charge >= 0.3 is 0 Å². The standard InChI is InChI=1S/C16H17NO3S/c18-13-8-15-14(19-10-20-15)7-11(13)9-17-5-1-3-12(17)16-4-2-6-21-16/h2,4,6-8,12,18H,1,3,5,9-10H2/t12-/m1/s1. The number of hydrogen-bond acceptors (Lipinski definition) is 5. The SMILES string of the molecule is Oc1cc2c(cc1CN1CCC[C@@H]1c1cccs1)OCO2. The molecule has 0 unspecified atom stereocenters. The van der Waals surface area contributed by atoms with Crippen LogP contribution in [0.3, 0.4) is 0 Å². The minimum Gasteiger partial charge on any atom is -0.507 e. The maximum absolute atomic E-state index is 10.2. The van der Waals surface area contributed by atoms with E-state index in [0.717, 1.165) is 24.4 Å². The molecule has 1 aromatic heterocycles. The van der Waals surface area contributed by atoms with Crippen LogP contribution in [0.15, 0.2) is 29.6 Å². The number of likely N-dealkylation sites (tertiary alicyclic amines) is 1. The molecule has 0 radical (unpaired) electrons. The number of aromatic hydroxyl groups is 1. The van der Waals surface area contributed by atoms with Crippen LogP contribution in [-0.4, -0.2) is 23.3 Å². The van der Waals surface area contributed by atoms with Gasteiger partial charge in [0, 0.05) is 29.1 Å². The molecule has 1 N–H and O–H groups in total. The van der Waals surface area contributed by atoms with Crippen LogP contribution in [0, 0.1) is 0 Å². The molecular formula is C16H17NO3S. The number of thiophene rings is 1. The van der Waals surface area contributed by atoms with Crippen molar-refractivity contribution >= 4 is 11.3 Å². The Labute approximate surface area is 127 Å². The molecule has 4 rings (SSSR count). The van der Waals surface area contributed by atoms with Gasteiger partial charge < -0.3 is 14.6 Å². The summed E-state index contributed by atoms with van der Waals surface area (Å²) in [5.41, 5.74) is 0.905. The highest BCUT2D eigenvalue weighted by Gasteiger charge is 2.28. The Morgan fingerprint density at radius 1 is 1.29 bits per heavy atom. The Bertz CT molecular complexity index is 641. The number of nitrogens with zero attached hydrogens (tertiary/aromatic N) is 1. The van der Waals surface area contributed by atoms with E-state index in [4.69, 9.17) is 9.47 Å². The van der Waals surface area contributed by atoms with Gasteiger partial charge in [0.2, 0.25) is 6.79 Å². The maximum Gasteiger partial charge on any atom is 0.231 e. The minimum atomic E-state index is 0.236. The summed E-state index contributed by atoms with van der Waals surface area (Å²) >= 11 is 1.81. The fraction of sp³-hybridized carbons (Fsp3) is 0.375. The maximum atomic E-state index is 10.2. The molecule has 2 aromatic rings. The van der Waals surface area contributed by atoms with Gasteiger partial charge in [0.15, 0.2) is 11.5 Å². The second-order valence-corrected chi connectivity index (χ2v) is 6.46. The number of benzene rings is 1. The highest BCUT2D eigenvalue weighted by atomic mass is 32.1. The number of rotatable bonds is 3. The van der Waals surface area contributed by atoms with Gasteiger partial charge in [-0.2, -0.15) is 0 Å². The average Bonchev–Trinajstić information content (AvgIpc) is 3.18. The van der Waals surface area contributed by atoms with Crippen LogP contribution in [0.2, 0.25) is 0 Å². The van der Waals surface area contributed by atoms with E-state index in [1.807, 2.05) is 17.4 Å². The molecule has 0 saturated carbocycles. The smallest absolute Gasteiger partial charge is 0.231 e. The zero-order valence-electron chi connectivity index (χ0n) is 11.6. The summed E-state index contributed by atoms with van der Waals surface area (Å²) in [6.45, 7) is 2.04. The number of fused-ring (bicyclic) bond motifs is 1. The van der Waals surface area contributed by atoms with Crippen molar-refractivity contribution in [3.05, 3.63) is 40.1 Å². The molecule has 0 spiro atoms. The predicted molar refractivity (Wildman–Crippen MR) is 80.9 cm³/mol. The molecule has 3 heterocycles. The Kier molecular flexibility index (Phi) is 3.24. The Hall–Kier alpha value is -1.72. The van der Waals surface area contributed by atoms with Crippen LogP contribution in [0.5, 0.6) is 17.2 Å². The normalized spacial score (nSPS) is 21.0. The van der Waals surface area contributed by atoms with E-state index in [9.17, 15) is 5.11 Å². The molecular weight excluding hydrogens is 286 g/mol. The lowest BCUT2D eigenvalue weighted by atomic mass is 10.1. The Morgan fingerprint density at radius 3 is 2.95 bits per heavy atom. The van der Waals surface area contributed by atoms with Crippen molar-refractivity contribution in [1.82, 2.24) is 4.90 Å². The predicted octanol–water partition coefficient (Wildman–Crippen LogP) is 3.52. The van der Waals surface area contributed by atoms with Gasteiger partial charge in [0.05, 0.1) is 0 Å². The number of phenolic OH excluding ortho intramolecular Hbond substituents is 1. The van der Waals surface area contributed by atoms with E-state index in [2.05, 4.69) is 22.4 Å². The monoisotopic (exact) mass is 303 g/mol. The molecule has 21 heavy (non-hydrogen) atoms. The molecule has 1 saturated heterocycles. The highest BCUT2D eigenvalue weighted by Crippen LogP contribution is 2.40. The third-order valence-electron chi connectivity index (χ3n) is 4.18. The van der Waals surface area contributed by atoms with E-state index in [0.29, 0.717) is 11.8 Å². The quantitative estimate of drug-likeness (QED) is 0.942. The topological polar surface area (TPSA) is 41.9 Å². The van der Waals surface area contributed by atoms with Gasteiger partial charge in [0.25, 0.3) is 0 Å². The number of phenols is 1. The average molecular weight is 303 g/mol. The van der Waals surface area contributed by atoms with E-state index in [1.165, 1.54) is 17.7 Å². The van der Waals surface area contributed by atoms with Crippen molar-refractivity contribution in [1.29, 1.82) is 0 Å². The van der Waals surface area contributed by atoms with Crippen molar-refractivity contribution in [3.8, 4) is 17.2 Å². The van der Waals surface area contributed by atoms with Crippen molar-refractivity contribution in [3.63, 3.8) is 0 Å². The molecule has 0 amide bonds. The Balaban J connectivity index is 1.58. The Morgan fingerprint density at radius 2 is 2.14 bits per heavy atom. The van der Waals surface area contributed by atoms with E-state index in [1.54, 1.807) is 6.07 Å². The number of hydrogen-bond donors (Lipinski definition) is 1. The lowest BCUT2D eigenvalue weighted by molar-refractivity contribution is 0.173. The lowest BCUT2D eigenvalue weighted by Crippen LogP contribution is -2.22. The summed E-state index contributed by atoms with van der Waals surface area (Å²) in [7, 11) is 0.